The van der Waals surface area contributed by atoms with E-state index in [2.05, 4.69) is 25.9 Å². The molecule has 0 spiro atoms. The minimum Gasteiger partial charge on any atom is -0.435 e. The molecular formula is C21H20F2N4O2S. The van der Waals surface area contributed by atoms with Crippen LogP contribution in [-0.2, 0) is 4.79 Å². The molecule has 1 aromatic heterocycles. The van der Waals surface area contributed by atoms with Crippen molar-refractivity contribution in [2.75, 3.05) is 11.9 Å². The average molecular weight is 430 g/mol. The highest BCUT2D eigenvalue weighted by molar-refractivity contribution is 7.16. The van der Waals surface area contributed by atoms with E-state index in [1.54, 1.807) is 12.1 Å². The van der Waals surface area contributed by atoms with Gasteiger partial charge in [-0.3, -0.25) is 10.2 Å². The summed E-state index contributed by atoms with van der Waals surface area (Å²) < 4.78 is 29.0. The Morgan fingerprint density at radius 3 is 2.63 bits per heavy atom. The van der Waals surface area contributed by atoms with Gasteiger partial charge >= 0.3 is 6.61 Å². The number of hydrogen-bond acceptors (Lipinski definition) is 6. The number of amides is 1. The molecular weight excluding hydrogens is 410 g/mol. The minimum absolute atomic E-state index is 0.0864. The first-order valence-electron chi connectivity index (χ1n) is 9.38. The predicted octanol–water partition coefficient (Wildman–Crippen LogP) is 4.12. The summed E-state index contributed by atoms with van der Waals surface area (Å²) in [7, 11) is 0. The molecule has 3 aromatic rings. The number of nitrogens with zero attached hydrogens (tertiary/aromatic N) is 1. The van der Waals surface area contributed by atoms with Crippen LogP contribution in [0.5, 0.6) is 5.75 Å². The number of carbonyl (C=O) groups is 1. The zero-order chi connectivity index (χ0) is 21.1. The number of thiazole rings is 1. The van der Waals surface area contributed by atoms with Crippen molar-refractivity contribution < 1.29 is 18.3 Å². The van der Waals surface area contributed by atoms with E-state index in [1.807, 2.05) is 37.3 Å². The van der Waals surface area contributed by atoms with Crippen LogP contribution in [0.15, 0.2) is 54.6 Å². The van der Waals surface area contributed by atoms with Crippen LogP contribution in [0.25, 0.3) is 11.3 Å². The number of nitrogens with one attached hydrogen (secondary N) is 3. The van der Waals surface area contributed by atoms with Crippen molar-refractivity contribution in [1.82, 2.24) is 15.8 Å². The van der Waals surface area contributed by atoms with Crippen molar-refractivity contribution in [3.8, 4) is 17.0 Å². The number of hydrogen-bond donors (Lipinski definition) is 3. The molecule has 1 fully saturated rings. The molecule has 0 aliphatic carbocycles. The van der Waals surface area contributed by atoms with Crippen molar-refractivity contribution >= 4 is 22.4 Å². The number of ether oxygens (including phenoxy) is 1. The first-order chi connectivity index (χ1) is 14.5. The summed E-state index contributed by atoms with van der Waals surface area (Å²) in [6, 6.07) is 15.9. The Labute approximate surface area is 176 Å². The first kappa shape index (κ1) is 20.4. The summed E-state index contributed by atoms with van der Waals surface area (Å²) in [5.41, 5.74) is 8.70. The summed E-state index contributed by atoms with van der Waals surface area (Å²) in [4.78, 5) is 18.3. The molecule has 4 rings (SSSR count). The molecule has 9 heteroatoms. The number of carbonyl (C=O) groups excluding carboxylic acids is 1. The second-order valence-electron chi connectivity index (χ2n) is 6.84. The van der Waals surface area contributed by atoms with Crippen molar-refractivity contribution in [2.45, 2.75) is 19.6 Å². The fourth-order valence-corrected chi connectivity index (χ4v) is 4.27. The smallest absolute Gasteiger partial charge is 0.387 e. The summed E-state index contributed by atoms with van der Waals surface area (Å²) in [6.07, 6.45) is 0. The largest absolute Gasteiger partial charge is 0.435 e. The molecule has 30 heavy (non-hydrogen) atoms. The highest BCUT2D eigenvalue weighted by Gasteiger charge is 2.34. The van der Waals surface area contributed by atoms with Crippen molar-refractivity contribution in [2.24, 2.45) is 5.92 Å². The quantitative estimate of drug-likeness (QED) is 0.549. The van der Waals surface area contributed by atoms with Gasteiger partial charge in [0.05, 0.1) is 17.7 Å². The maximum atomic E-state index is 12.9. The molecule has 1 aliphatic rings. The van der Waals surface area contributed by atoms with E-state index >= 15 is 0 Å². The molecule has 156 valence electrons. The Kier molecular flexibility index (Phi) is 6.03. The summed E-state index contributed by atoms with van der Waals surface area (Å²) in [6.45, 7) is -0.454. The van der Waals surface area contributed by atoms with Crippen LogP contribution < -0.4 is 20.9 Å². The van der Waals surface area contributed by atoms with Crippen LogP contribution in [0.2, 0.25) is 0 Å². The molecule has 0 bridgehead atoms. The van der Waals surface area contributed by atoms with Gasteiger partial charge in [0.1, 0.15) is 5.75 Å². The van der Waals surface area contributed by atoms with Gasteiger partial charge in [-0.15, -0.1) is 11.3 Å². The van der Waals surface area contributed by atoms with Crippen molar-refractivity contribution in [1.29, 1.82) is 0 Å². The number of benzene rings is 2. The number of alkyl halides is 2. The van der Waals surface area contributed by atoms with E-state index in [4.69, 9.17) is 0 Å². The summed E-state index contributed by atoms with van der Waals surface area (Å²) in [5, 5.41) is 3.42. The zero-order valence-electron chi connectivity index (χ0n) is 16.1. The third kappa shape index (κ3) is 4.48. The Balaban J connectivity index is 1.47. The second-order valence-corrected chi connectivity index (χ2v) is 8.04. The number of rotatable bonds is 6. The van der Waals surface area contributed by atoms with E-state index in [1.165, 1.54) is 23.5 Å². The Morgan fingerprint density at radius 1 is 1.20 bits per heavy atom. The first-order valence-corrected chi connectivity index (χ1v) is 10.2. The monoisotopic (exact) mass is 430 g/mol. The van der Waals surface area contributed by atoms with Gasteiger partial charge in [0, 0.05) is 17.0 Å². The van der Waals surface area contributed by atoms with Gasteiger partial charge in [0.25, 0.3) is 0 Å². The molecule has 2 aromatic carbocycles. The number of aryl methyl sites for hydroxylation is 1. The molecule has 2 unspecified atom stereocenters. The molecule has 1 amide bonds. The minimum atomic E-state index is -2.86. The summed E-state index contributed by atoms with van der Waals surface area (Å²) in [5.74, 6) is -0.323. The van der Waals surface area contributed by atoms with E-state index in [0.717, 1.165) is 16.0 Å². The highest BCUT2D eigenvalue weighted by Crippen LogP contribution is 2.33. The molecule has 1 saturated heterocycles. The number of hydrazine groups is 1. The maximum absolute atomic E-state index is 12.9. The Hall–Kier alpha value is -2.88. The van der Waals surface area contributed by atoms with Gasteiger partial charge in [-0.05, 0) is 36.8 Å². The molecule has 6 nitrogen and oxygen atoms in total. The normalized spacial score (nSPS) is 18.5. The fraction of sp³-hybridized carbons (Fsp3) is 0.238. The Bertz CT molecular complexity index is 1010. The van der Waals surface area contributed by atoms with Crippen LogP contribution >= 0.6 is 11.3 Å². The van der Waals surface area contributed by atoms with Crippen LogP contribution in [0, 0.1) is 12.8 Å². The van der Waals surface area contributed by atoms with Gasteiger partial charge < -0.3 is 10.1 Å². The highest BCUT2D eigenvalue weighted by atomic mass is 32.1. The lowest BCUT2D eigenvalue weighted by atomic mass is 9.94. The topological polar surface area (TPSA) is 75.3 Å². The summed E-state index contributed by atoms with van der Waals surface area (Å²) >= 11 is 1.37. The number of halogens is 2. The molecule has 3 N–H and O–H groups in total. The van der Waals surface area contributed by atoms with E-state index in [-0.39, 0.29) is 23.6 Å². The van der Waals surface area contributed by atoms with Crippen LogP contribution in [-0.4, -0.2) is 24.0 Å². The molecule has 2 atom stereocenters. The molecule has 2 heterocycles. The lowest BCUT2D eigenvalue weighted by molar-refractivity contribution is -0.119. The number of anilines is 1. The third-order valence-electron chi connectivity index (χ3n) is 4.86. The molecule has 0 radical (unpaired) electrons. The average Bonchev–Trinajstić information content (AvgIpc) is 3.36. The predicted molar refractivity (Wildman–Crippen MR) is 111 cm³/mol. The van der Waals surface area contributed by atoms with E-state index in [9.17, 15) is 13.6 Å². The van der Waals surface area contributed by atoms with Gasteiger partial charge in [-0.25, -0.2) is 10.4 Å². The lowest BCUT2D eigenvalue weighted by Crippen LogP contribution is -2.29. The van der Waals surface area contributed by atoms with Crippen LogP contribution in [0.1, 0.15) is 16.5 Å². The standard InChI is InChI=1S/C21H20F2N4O2S/c1-12-17(14-7-9-15(10-8-14)29-20(22)23)25-21(30-12)26-19(28)16-11-24-27-18(16)13-5-3-2-4-6-13/h2-10,16,18,20,24,27H,11H2,1H3,(H,25,26,28). The molecule has 1 aliphatic heterocycles. The van der Waals surface area contributed by atoms with E-state index < -0.39 is 6.61 Å². The maximum Gasteiger partial charge on any atom is 0.387 e. The second kappa shape index (κ2) is 8.86. The van der Waals surface area contributed by atoms with Gasteiger partial charge in [-0.1, -0.05) is 30.3 Å². The fourth-order valence-electron chi connectivity index (χ4n) is 3.43. The Morgan fingerprint density at radius 2 is 1.93 bits per heavy atom. The van der Waals surface area contributed by atoms with Crippen LogP contribution in [0.4, 0.5) is 13.9 Å². The van der Waals surface area contributed by atoms with Crippen LogP contribution in [0.3, 0.4) is 0 Å². The SMILES string of the molecule is Cc1sc(NC(=O)C2CNNC2c2ccccc2)nc1-c1ccc(OC(F)F)cc1. The van der Waals surface area contributed by atoms with Gasteiger partial charge in [0.2, 0.25) is 5.91 Å². The van der Waals surface area contributed by atoms with Crippen molar-refractivity contribution in [3.05, 3.63) is 65.0 Å². The number of aromatic nitrogens is 1. The van der Waals surface area contributed by atoms with Crippen molar-refractivity contribution in [3.63, 3.8) is 0 Å². The van der Waals surface area contributed by atoms with E-state index in [0.29, 0.717) is 17.4 Å². The lowest BCUT2D eigenvalue weighted by Gasteiger charge is -2.17. The third-order valence-corrected chi connectivity index (χ3v) is 5.74. The van der Waals surface area contributed by atoms with Gasteiger partial charge in [-0.2, -0.15) is 8.78 Å². The molecule has 0 saturated carbocycles. The zero-order valence-corrected chi connectivity index (χ0v) is 16.9. The van der Waals surface area contributed by atoms with Gasteiger partial charge in [0.15, 0.2) is 5.13 Å².